The first-order valence-corrected chi connectivity index (χ1v) is 8.05. The van der Waals surface area contributed by atoms with E-state index in [1.54, 1.807) is 6.33 Å². The molecule has 3 aromatic heterocycles. The number of benzene rings is 1. The predicted octanol–water partition coefficient (Wildman–Crippen LogP) is 3.78. The fourth-order valence-electron chi connectivity index (χ4n) is 2.69. The third kappa shape index (κ3) is 2.56. The van der Waals surface area contributed by atoms with Crippen molar-refractivity contribution in [1.29, 1.82) is 0 Å². The van der Waals surface area contributed by atoms with E-state index in [1.165, 1.54) is 0 Å². The molecule has 0 radical (unpaired) electrons. The molecule has 2 N–H and O–H groups in total. The van der Waals surface area contributed by atoms with Crippen LogP contribution in [-0.2, 0) is 0 Å². The summed E-state index contributed by atoms with van der Waals surface area (Å²) in [6.45, 7) is 4.25. The standard InChI is InChI=1S/C18H18N6/c1-3-11(2)23-18-21-9-15-14(8-20-17(15)24-18)12-4-5-16-13(6-12)7-19-10-22-16/h4-11H,3H2,1-2H3,(H2,20,21,23,24)/t11-/m0/s1. The van der Waals surface area contributed by atoms with Gasteiger partial charge in [0.1, 0.15) is 12.0 Å². The van der Waals surface area contributed by atoms with E-state index >= 15 is 0 Å². The molecule has 1 atom stereocenters. The third-order valence-corrected chi connectivity index (χ3v) is 4.24. The Bertz CT molecular complexity index is 1010. The van der Waals surface area contributed by atoms with Crippen LogP contribution >= 0.6 is 0 Å². The van der Waals surface area contributed by atoms with Gasteiger partial charge in [-0.1, -0.05) is 13.0 Å². The number of fused-ring (bicyclic) bond motifs is 2. The summed E-state index contributed by atoms with van der Waals surface area (Å²) >= 11 is 0. The monoisotopic (exact) mass is 318 g/mol. The number of H-pyrrole nitrogens is 1. The Labute approximate surface area is 139 Å². The summed E-state index contributed by atoms with van der Waals surface area (Å²) in [5.74, 6) is 0.650. The number of nitrogens with zero attached hydrogens (tertiary/aromatic N) is 4. The van der Waals surface area contributed by atoms with Crippen LogP contribution in [0.3, 0.4) is 0 Å². The first-order chi connectivity index (χ1) is 11.7. The number of rotatable bonds is 4. The van der Waals surface area contributed by atoms with Crippen LogP contribution in [0.2, 0.25) is 0 Å². The fourth-order valence-corrected chi connectivity index (χ4v) is 2.69. The molecule has 3 heterocycles. The molecule has 0 aliphatic carbocycles. The van der Waals surface area contributed by atoms with E-state index in [9.17, 15) is 0 Å². The number of hydrogen-bond acceptors (Lipinski definition) is 5. The van der Waals surface area contributed by atoms with Gasteiger partial charge in [-0.3, -0.25) is 0 Å². The molecule has 4 aromatic rings. The van der Waals surface area contributed by atoms with Gasteiger partial charge in [-0.25, -0.2) is 15.0 Å². The van der Waals surface area contributed by atoms with Gasteiger partial charge < -0.3 is 10.3 Å². The topological polar surface area (TPSA) is 79.4 Å². The molecule has 0 saturated heterocycles. The zero-order chi connectivity index (χ0) is 16.5. The smallest absolute Gasteiger partial charge is 0.224 e. The van der Waals surface area contributed by atoms with Crippen molar-refractivity contribution >= 4 is 27.9 Å². The van der Waals surface area contributed by atoms with Gasteiger partial charge in [0.15, 0.2) is 0 Å². The van der Waals surface area contributed by atoms with Gasteiger partial charge in [0.25, 0.3) is 0 Å². The lowest BCUT2D eigenvalue weighted by atomic mass is 10.0. The number of nitrogens with one attached hydrogen (secondary N) is 2. The van der Waals surface area contributed by atoms with E-state index in [0.29, 0.717) is 12.0 Å². The highest BCUT2D eigenvalue weighted by molar-refractivity contribution is 5.96. The van der Waals surface area contributed by atoms with E-state index < -0.39 is 0 Å². The minimum Gasteiger partial charge on any atom is -0.352 e. The van der Waals surface area contributed by atoms with Crippen molar-refractivity contribution in [2.24, 2.45) is 0 Å². The molecule has 24 heavy (non-hydrogen) atoms. The largest absolute Gasteiger partial charge is 0.352 e. The molecule has 1 aromatic carbocycles. The number of hydrogen-bond donors (Lipinski definition) is 2. The van der Waals surface area contributed by atoms with Gasteiger partial charge in [-0.05, 0) is 31.0 Å². The zero-order valence-electron chi connectivity index (χ0n) is 13.6. The van der Waals surface area contributed by atoms with Crippen molar-refractivity contribution in [3.63, 3.8) is 0 Å². The van der Waals surface area contributed by atoms with Gasteiger partial charge in [-0.2, -0.15) is 4.98 Å². The van der Waals surface area contributed by atoms with Crippen LogP contribution in [0.4, 0.5) is 5.95 Å². The summed E-state index contributed by atoms with van der Waals surface area (Å²) in [6, 6.07) is 6.50. The Morgan fingerprint density at radius 1 is 1.21 bits per heavy atom. The molecular weight excluding hydrogens is 300 g/mol. The second kappa shape index (κ2) is 5.88. The highest BCUT2D eigenvalue weighted by Gasteiger charge is 2.10. The maximum atomic E-state index is 4.57. The van der Waals surface area contributed by atoms with Crippen LogP contribution in [0.25, 0.3) is 33.1 Å². The van der Waals surface area contributed by atoms with E-state index in [2.05, 4.69) is 56.2 Å². The Kier molecular flexibility index (Phi) is 3.57. The number of aromatic amines is 1. The molecular formula is C18H18N6. The summed E-state index contributed by atoms with van der Waals surface area (Å²) in [7, 11) is 0. The Balaban J connectivity index is 1.76. The first kappa shape index (κ1) is 14.6. The third-order valence-electron chi connectivity index (χ3n) is 4.24. The normalized spacial score (nSPS) is 12.6. The van der Waals surface area contributed by atoms with Gasteiger partial charge >= 0.3 is 0 Å². The molecule has 4 rings (SSSR count). The van der Waals surface area contributed by atoms with Gasteiger partial charge in [0.2, 0.25) is 5.95 Å². The van der Waals surface area contributed by atoms with Crippen molar-refractivity contribution < 1.29 is 0 Å². The lowest BCUT2D eigenvalue weighted by Crippen LogP contribution is -2.15. The molecule has 120 valence electrons. The summed E-state index contributed by atoms with van der Waals surface area (Å²) < 4.78 is 0. The summed E-state index contributed by atoms with van der Waals surface area (Å²) in [5, 5.41) is 5.31. The highest BCUT2D eigenvalue weighted by atomic mass is 15.1. The molecule has 0 aliphatic heterocycles. The van der Waals surface area contributed by atoms with Crippen LogP contribution in [0, 0.1) is 0 Å². The highest BCUT2D eigenvalue weighted by Crippen LogP contribution is 2.29. The lowest BCUT2D eigenvalue weighted by molar-refractivity contribution is 0.754. The molecule has 0 saturated carbocycles. The average molecular weight is 318 g/mol. The van der Waals surface area contributed by atoms with Crippen LogP contribution in [-0.4, -0.2) is 31.0 Å². The Hall–Kier alpha value is -3.02. The maximum Gasteiger partial charge on any atom is 0.224 e. The maximum absolute atomic E-state index is 4.57. The van der Waals surface area contributed by atoms with Gasteiger partial charge in [-0.15, -0.1) is 0 Å². The first-order valence-electron chi connectivity index (χ1n) is 8.05. The molecule has 6 nitrogen and oxygen atoms in total. The lowest BCUT2D eigenvalue weighted by Gasteiger charge is -2.10. The molecule has 6 heteroatoms. The van der Waals surface area contributed by atoms with Crippen LogP contribution < -0.4 is 5.32 Å². The zero-order valence-corrected chi connectivity index (χ0v) is 13.6. The predicted molar refractivity (Wildman–Crippen MR) is 95.8 cm³/mol. The Morgan fingerprint density at radius 2 is 2.12 bits per heavy atom. The minimum atomic E-state index is 0.345. The number of anilines is 1. The van der Waals surface area contributed by atoms with E-state index in [-0.39, 0.29) is 0 Å². The average Bonchev–Trinajstić information content (AvgIpc) is 3.04. The van der Waals surface area contributed by atoms with Crippen molar-refractivity contribution in [2.45, 2.75) is 26.3 Å². The van der Waals surface area contributed by atoms with E-state index in [1.807, 2.05) is 24.7 Å². The van der Waals surface area contributed by atoms with E-state index in [0.717, 1.165) is 39.5 Å². The summed E-state index contributed by atoms with van der Waals surface area (Å²) in [5.41, 5.74) is 3.93. The van der Waals surface area contributed by atoms with Crippen molar-refractivity contribution in [1.82, 2.24) is 24.9 Å². The fraction of sp³-hybridized carbons (Fsp3) is 0.222. The molecule has 0 spiro atoms. The van der Waals surface area contributed by atoms with Gasteiger partial charge in [0.05, 0.1) is 5.52 Å². The molecule has 0 unspecified atom stereocenters. The van der Waals surface area contributed by atoms with Crippen LogP contribution in [0.1, 0.15) is 20.3 Å². The molecule has 0 fully saturated rings. The van der Waals surface area contributed by atoms with Crippen molar-refractivity contribution in [2.75, 3.05) is 5.32 Å². The van der Waals surface area contributed by atoms with Crippen molar-refractivity contribution in [3.8, 4) is 11.1 Å². The summed E-state index contributed by atoms with van der Waals surface area (Å²) in [4.78, 5) is 20.6. The second-order valence-electron chi connectivity index (χ2n) is 5.91. The SMILES string of the molecule is CC[C@H](C)Nc1ncc2c(-c3ccc4ncncc4c3)c[nH]c2n1. The number of aromatic nitrogens is 5. The Morgan fingerprint density at radius 3 is 3.00 bits per heavy atom. The quantitative estimate of drug-likeness (QED) is 0.598. The molecule has 0 bridgehead atoms. The molecule has 0 amide bonds. The van der Waals surface area contributed by atoms with Crippen molar-refractivity contribution in [3.05, 3.63) is 43.1 Å². The molecule has 0 aliphatic rings. The van der Waals surface area contributed by atoms with Crippen LogP contribution in [0.15, 0.2) is 43.1 Å². The second-order valence-corrected chi connectivity index (χ2v) is 5.91. The van der Waals surface area contributed by atoms with Crippen LogP contribution in [0.5, 0.6) is 0 Å². The van der Waals surface area contributed by atoms with Gasteiger partial charge in [0, 0.05) is 41.0 Å². The minimum absolute atomic E-state index is 0.345. The summed E-state index contributed by atoms with van der Waals surface area (Å²) in [6.07, 6.45) is 8.25. The van der Waals surface area contributed by atoms with E-state index in [4.69, 9.17) is 0 Å².